The van der Waals surface area contributed by atoms with Crippen molar-refractivity contribution in [3.8, 4) is 0 Å². The second kappa shape index (κ2) is 2.69. The second-order valence-corrected chi connectivity index (χ2v) is 3.79. The molecule has 0 aliphatic carbocycles. The van der Waals surface area contributed by atoms with Gasteiger partial charge in [0.1, 0.15) is 5.82 Å². The van der Waals surface area contributed by atoms with E-state index >= 15 is 0 Å². The molecule has 0 spiro atoms. The smallest absolute Gasteiger partial charge is 0.138 e. The minimum Gasteiger partial charge on any atom is -0.282 e. The van der Waals surface area contributed by atoms with Crippen LogP contribution in [0, 0.1) is 16.3 Å². The van der Waals surface area contributed by atoms with Crippen LogP contribution in [0.15, 0.2) is 12.1 Å². The Kier molecular flexibility index (Phi) is 1.79. The molecule has 12 heavy (non-hydrogen) atoms. The zero-order valence-corrected chi connectivity index (χ0v) is 8.52. The second-order valence-electron chi connectivity index (χ2n) is 2.63. The van der Waals surface area contributed by atoms with Crippen LogP contribution in [0.1, 0.15) is 5.69 Å². The summed E-state index contributed by atoms with van der Waals surface area (Å²) < 4.78 is 13.6. The minimum atomic E-state index is -0.213. The van der Waals surface area contributed by atoms with E-state index in [4.69, 9.17) is 0 Å². The topological polar surface area (TPSA) is 28.7 Å². The fourth-order valence-electron chi connectivity index (χ4n) is 1.13. The molecule has 0 bridgehead atoms. The Bertz CT molecular complexity index is 436. The third-order valence-electron chi connectivity index (χ3n) is 1.79. The number of H-pyrrole nitrogens is 1. The van der Waals surface area contributed by atoms with Crippen molar-refractivity contribution in [1.82, 2.24) is 10.2 Å². The van der Waals surface area contributed by atoms with Gasteiger partial charge in [0.15, 0.2) is 0 Å². The average Bonchev–Trinajstić information content (AvgIpc) is 2.35. The molecule has 1 heterocycles. The van der Waals surface area contributed by atoms with E-state index in [1.54, 1.807) is 6.07 Å². The summed E-state index contributed by atoms with van der Waals surface area (Å²) in [5, 5.41) is 7.75. The normalized spacial score (nSPS) is 10.9. The standard InChI is InChI=1S/C8H6FIN2/c1-4-5-2-7(10)6(9)3-8(5)12-11-4/h2-3H,1H3,(H,11,12). The molecule has 2 nitrogen and oxygen atoms in total. The van der Waals surface area contributed by atoms with Gasteiger partial charge in [0.2, 0.25) is 0 Å². The number of hydrogen-bond donors (Lipinski definition) is 1. The number of benzene rings is 1. The maximum Gasteiger partial charge on any atom is 0.138 e. The van der Waals surface area contributed by atoms with Crippen LogP contribution < -0.4 is 0 Å². The van der Waals surface area contributed by atoms with Crippen molar-refractivity contribution in [3.63, 3.8) is 0 Å². The van der Waals surface area contributed by atoms with Crippen LogP contribution >= 0.6 is 22.6 Å². The maximum atomic E-state index is 13.0. The molecule has 1 aromatic carbocycles. The molecule has 0 radical (unpaired) electrons. The number of fused-ring (bicyclic) bond motifs is 1. The van der Waals surface area contributed by atoms with Crippen molar-refractivity contribution >= 4 is 33.5 Å². The predicted octanol–water partition coefficient (Wildman–Crippen LogP) is 2.62. The highest BCUT2D eigenvalue weighted by atomic mass is 127. The number of aromatic amines is 1. The lowest BCUT2D eigenvalue weighted by atomic mass is 10.2. The average molecular weight is 276 g/mol. The number of rotatable bonds is 0. The summed E-state index contributed by atoms with van der Waals surface area (Å²) in [6.07, 6.45) is 0. The highest BCUT2D eigenvalue weighted by Crippen LogP contribution is 2.20. The molecule has 4 heteroatoms. The number of halogens is 2. The minimum absolute atomic E-state index is 0.213. The van der Waals surface area contributed by atoms with Gasteiger partial charge in [-0.05, 0) is 35.6 Å². The largest absolute Gasteiger partial charge is 0.282 e. The van der Waals surface area contributed by atoms with Crippen LogP contribution in [0.25, 0.3) is 10.9 Å². The van der Waals surface area contributed by atoms with Crippen LogP contribution in [0.3, 0.4) is 0 Å². The maximum absolute atomic E-state index is 13.0. The molecule has 1 aromatic heterocycles. The molecule has 0 atom stereocenters. The third kappa shape index (κ3) is 1.10. The molecule has 2 rings (SSSR count). The van der Waals surface area contributed by atoms with Gasteiger partial charge in [-0.15, -0.1) is 0 Å². The van der Waals surface area contributed by atoms with Gasteiger partial charge < -0.3 is 0 Å². The van der Waals surface area contributed by atoms with E-state index in [-0.39, 0.29) is 5.82 Å². The van der Waals surface area contributed by atoms with Crippen molar-refractivity contribution in [1.29, 1.82) is 0 Å². The van der Waals surface area contributed by atoms with Crippen molar-refractivity contribution in [2.75, 3.05) is 0 Å². The zero-order valence-electron chi connectivity index (χ0n) is 6.36. The summed E-state index contributed by atoms with van der Waals surface area (Å²) in [5.74, 6) is -0.213. The SMILES string of the molecule is Cc1[nH]nc2cc(F)c(I)cc12. The first-order valence-electron chi connectivity index (χ1n) is 3.48. The van der Waals surface area contributed by atoms with E-state index in [1.807, 2.05) is 29.5 Å². The van der Waals surface area contributed by atoms with Crippen molar-refractivity contribution in [2.24, 2.45) is 0 Å². The summed E-state index contributed by atoms with van der Waals surface area (Å²) in [6.45, 7) is 1.92. The van der Waals surface area contributed by atoms with E-state index in [0.717, 1.165) is 11.1 Å². The zero-order chi connectivity index (χ0) is 8.72. The van der Waals surface area contributed by atoms with E-state index in [2.05, 4.69) is 10.2 Å². The lowest BCUT2D eigenvalue weighted by molar-refractivity contribution is 0.622. The number of nitrogens with one attached hydrogen (secondary N) is 1. The molecule has 0 saturated carbocycles. The summed E-state index contributed by atoms with van der Waals surface area (Å²) in [7, 11) is 0. The molecular weight excluding hydrogens is 270 g/mol. The molecule has 2 aromatic rings. The molecule has 0 unspecified atom stereocenters. The van der Waals surface area contributed by atoms with E-state index in [0.29, 0.717) is 9.09 Å². The Morgan fingerprint density at radius 3 is 3.00 bits per heavy atom. The number of aryl methyl sites for hydroxylation is 1. The summed E-state index contributed by atoms with van der Waals surface area (Å²) in [5.41, 5.74) is 1.66. The highest BCUT2D eigenvalue weighted by molar-refractivity contribution is 14.1. The van der Waals surface area contributed by atoms with Gasteiger partial charge in [-0.25, -0.2) is 4.39 Å². The van der Waals surface area contributed by atoms with Gasteiger partial charge in [0.25, 0.3) is 0 Å². The van der Waals surface area contributed by atoms with Gasteiger partial charge in [0, 0.05) is 20.7 Å². The Morgan fingerprint density at radius 1 is 1.50 bits per heavy atom. The van der Waals surface area contributed by atoms with Gasteiger partial charge in [-0.1, -0.05) is 0 Å². The number of aromatic nitrogens is 2. The van der Waals surface area contributed by atoms with Crippen molar-refractivity contribution in [2.45, 2.75) is 6.92 Å². The van der Waals surface area contributed by atoms with Gasteiger partial charge in [-0.2, -0.15) is 5.10 Å². The van der Waals surface area contributed by atoms with Crippen LogP contribution in [0.5, 0.6) is 0 Å². The van der Waals surface area contributed by atoms with E-state index in [9.17, 15) is 4.39 Å². The molecule has 0 aliphatic rings. The molecule has 0 aliphatic heterocycles. The highest BCUT2D eigenvalue weighted by Gasteiger charge is 2.05. The Balaban J connectivity index is 2.87. The number of hydrogen-bond acceptors (Lipinski definition) is 1. The van der Waals surface area contributed by atoms with Gasteiger partial charge in [-0.3, -0.25) is 5.10 Å². The Hall–Kier alpha value is -0.650. The summed E-state index contributed by atoms with van der Waals surface area (Å²) >= 11 is 1.97. The fourth-order valence-corrected chi connectivity index (χ4v) is 1.60. The van der Waals surface area contributed by atoms with Gasteiger partial charge in [0.05, 0.1) is 5.52 Å². The molecular formula is C8H6FIN2. The molecule has 1 N–H and O–H groups in total. The number of nitrogens with zero attached hydrogens (tertiary/aromatic N) is 1. The van der Waals surface area contributed by atoms with Crippen molar-refractivity contribution < 1.29 is 4.39 Å². The fraction of sp³-hybridized carbons (Fsp3) is 0.125. The quantitative estimate of drug-likeness (QED) is 0.736. The van der Waals surface area contributed by atoms with Crippen LogP contribution in [-0.2, 0) is 0 Å². The van der Waals surface area contributed by atoms with Crippen LogP contribution in [0.2, 0.25) is 0 Å². The summed E-state index contributed by atoms with van der Waals surface area (Å²) in [6, 6.07) is 3.24. The van der Waals surface area contributed by atoms with Gasteiger partial charge >= 0.3 is 0 Å². The monoisotopic (exact) mass is 276 g/mol. The van der Waals surface area contributed by atoms with Crippen LogP contribution in [0.4, 0.5) is 4.39 Å². The molecule has 0 fully saturated rings. The predicted molar refractivity (Wildman–Crippen MR) is 53.5 cm³/mol. The first-order valence-corrected chi connectivity index (χ1v) is 4.56. The first kappa shape index (κ1) is 7.97. The molecule has 0 amide bonds. The van der Waals surface area contributed by atoms with Crippen LogP contribution in [-0.4, -0.2) is 10.2 Å². The summed E-state index contributed by atoms with van der Waals surface area (Å²) in [4.78, 5) is 0. The van der Waals surface area contributed by atoms with E-state index in [1.165, 1.54) is 6.07 Å². The third-order valence-corrected chi connectivity index (χ3v) is 2.61. The lowest BCUT2D eigenvalue weighted by Crippen LogP contribution is -1.80. The Morgan fingerprint density at radius 2 is 2.25 bits per heavy atom. The van der Waals surface area contributed by atoms with Crippen molar-refractivity contribution in [3.05, 3.63) is 27.2 Å². The first-order chi connectivity index (χ1) is 5.68. The van der Waals surface area contributed by atoms with E-state index < -0.39 is 0 Å². The molecule has 62 valence electrons. The Labute approximate surface area is 82.3 Å². The molecule has 0 saturated heterocycles. The lowest BCUT2D eigenvalue weighted by Gasteiger charge is -1.93.